The van der Waals surface area contributed by atoms with Crippen molar-refractivity contribution in [3.8, 4) is 22.7 Å². The highest BCUT2D eigenvalue weighted by molar-refractivity contribution is 6.30. The van der Waals surface area contributed by atoms with Crippen LogP contribution in [0.3, 0.4) is 0 Å². The highest BCUT2D eigenvalue weighted by atomic mass is 35.5. The molecule has 0 saturated carbocycles. The number of fused-ring (bicyclic) bond motifs is 1. The minimum absolute atomic E-state index is 0.718. The van der Waals surface area contributed by atoms with E-state index in [9.17, 15) is 0 Å². The summed E-state index contributed by atoms with van der Waals surface area (Å²) in [5.41, 5.74) is 3.94. The van der Waals surface area contributed by atoms with Crippen LogP contribution in [0.15, 0.2) is 65.3 Å². The highest BCUT2D eigenvalue weighted by Gasteiger charge is 2.07. The van der Waals surface area contributed by atoms with E-state index in [4.69, 9.17) is 16.0 Å². The maximum atomic E-state index is 5.91. The summed E-state index contributed by atoms with van der Waals surface area (Å²) in [6.45, 7) is 0. The van der Waals surface area contributed by atoms with Crippen LogP contribution in [0.1, 0.15) is 0 Å². The molecule has 0 atom stereocenters. The molecule has 0 aliphatic heterocycles. The number of imidazole rings is 1. The molecule has 0 saturated heterocycles. The summed E-state index contributed by atoms with van der Waals surface area (Å²) in [4.78, 5) is 7.94. The Labute approximate surface area is 126 Å². The predicted molar refractivity (Wildman–Crippen MR) is 84.2 cm³/mol. The van der Waals surface area contributed by atoms with Crippen LogP contribution in [-0.4, -0.2) is 9.97 Å². The molecular weight excluding hydrogens is 284 g/mol. The zero-order valence-electron chi connectivity index (χ0n) is 11.0. The molecule has 1 N–H and O–H groups in total. The van der Waals surface area contributed by atoms with Gasteiger partial charge in [-0.1, -0.05) is 11.6 Å². The molecule has 4 heteroatoms. The molecule has 2 aromatic heterocycles. The molecule has 2 heterocycles. The number of aromatic nitrogens is 2. The number of nitrogens with zero attached hydrogens (tertiary/aromatic N) is 1. The van der Waals surface area contributed by atoms with Crippen molar-refractivity contribution in [2.24, 2.45) is 0 Å². The summed E-state index contributed by atoms with van der Waals surface area (Å²) in [5.74, 6) is 1.68. The lowest BCUT2D eigenvalue weighted by Crippen LogP contribution is -1.78. The second-order valence-corrected chi connectivity index (χ2v) is 5.24. The molecule has 4 rings (SSSR count). The van der Waals surface area contributed by atoms with E-state index in [2.05, 4.69) is 9.97 Å². The van der Waals surface area contributed by atoms with Crippen LogP contribution in [0.2, 0.25) is 5.02 Å². The van der Waals surface area contributed by atoms with E-state index in [1.807, 2.05) is 54.6 Å². The van der Waals surface area contributed by atoms with Crippen LogP contribution in [0.5, 0.6) is 0 Å². The minimum atomic E-state index is 0.718. The lowest BCUT2D eigenvalue weighted by Gasteiger charge is -1.96. The van der Waals surface area contributed by atoms with E-state index >= 15 is 0 Å². The van der Waals surface area contributed by atoms with Gasteiger partial charge in [-0.25, -0.2) is 4.98 Å². The average molecular weight is 295 g/mol. The zero-order valence-corrected chi connectivity index (χ0v) is 11.8. The van der Waals surface area contributed by atoms with Crippen LogP contribution >= 0.6 is 11.6 Å². The van der Waals surface area contributed by atoms with Gasteiger partial charge in [0.15, 0.2) is 0 Å². The SMILES string of the molecule is Clc1ccc(-c2nc3ccc(-c4ccco4)cc3[nH]2)cc1. The molecule has 2 aromatic carbocycles. The van der Waals surface area contributed by atoms with E-state index < -0.39 is 0 Å². The van der Waals surface area contributed by atoms with Crippen LogP contribution in [0.4, 0.5) is 0 Å². The number of hydrogen-bond acceptors (Lipinski definition) is 2. The van der Waals surface area contributed by atoms with E-state index in [1.165, 1.54) is 0 Å². The van der Waals surface area contributed by atoms with Crippen LogP contribution in [-0.2, 0) is 0 Å². The Kier molecular flexibility index (Phi) is 2.79. The van der Waals surface area contributed by atoms with Crippen molar-refractivity contribution in [1.82, 2.24) is 9.97 Å². The predicted octanol–water partition coefficient (Wildman–Crippen LogP) is 5.14. The Balaban J connectivity index is 1.81. The van der Waals surface area contributed by atoms with Gasteiger partial charge in [0, 0.05) is 16.1 Å². The lowest BCUT2D eigenvalue weighted by molar-refractivity contribution is 0.582. The van der Waals surface area contributed by atoms with Gasteiger partial charge < -0.3 is 9.40 Å². The fraction of sp³-hybridized carbons (Fsp3) is 0. The first-order valence-electron chi connectivity index (χ1n) is 6.59. The summed E-state index contributed by atoms with van der Waals surface area (Å²) >= 11 is 5.91. The summed E-state index contributed by atoms with van der Waals surface area (Å²) in [7, 11) is 0. The molecule has 0 unspecified atom stereocenters. The van der Waals surface area contributed by atoms with Crippen molar-refractivity contribution in [3.05, 3.63) is 65.9 Å². The summed E-state index contributed by atoms with van der Waals surface area (Å²) < 4.78 is 5.42. The summed E-state index contributed by atoms with van der Waals surface area (Å²) in [6, 6.07) is 17.5. The number of H-pyrrole nitrogens is 1. The van der Waals surface area contributed by atoms with Crippen molar-refractivity contribution in [2.45, 2.75) is 0 Å². The Morgan fingerprint density at radius 2 is 1.76 bits per heavy atom. The van der Waals surface area contributed by atoms with Gasteiger partial charge in [0.2, 0.25) is 0 Å². The van der Waals surface area contributed by atoms with Crippen molar-refractivity contribution >= 4 is 22.6 Å². The Hall–Kier alpha value is -2.52. The third kappa shape index (κ3) is 2.22. The molecule has 0 spiro atoms. The molecule has 0 aliphatic rings. The maximum Gasteiger partial charge on any atom is 0.138 e. The molecular formula is C17H11ClN2O. The Bertz CT molecular complexity index is 892. The second kappa shape index (κ2) is 4.79. The van der Waals surface area contributed by atoms with Crippen molar-refractivity contribution in [2.75, 3.05) is 0 Å². The zero-order chi connectivity index (χ0) is 14.2. The first-order chi connectivity index (χ1) is 10.3. The largest absolute Gasteiger partial charge is 0.464 e. The van der Waals surface area contributed by atoms with E-state index in [0.717, 1.165) is 38.8 Å². The number of halogens is 1. The minimum Gasteiger partial charge on any atom is -0.464 e. The van der Waals surface area contributed by atoms with Gasteiger partial charge in [-0.2, -0.15) is 0 Å². The molecule has 3 nitrogen and oxygen atoms in total. The smallest absolute Gasteiger partial charge is 0.138 e. The number of aromatic amines is 1. The van der Waals surface area contributed by atoms with E-state index in [0.29, 0.717) is 0 Å². The van der Waals surface area contributed by atoms with E-state index in [1.54, 1.807) is 6.26 Å². The Morgan fingerprint density at radius 1 is 0.952 bits per heavy atom. The topological polar surface area (TPSA) is 41.8 Å². The lowest BCUT2D eigenvalue weighted by atomic mass is 10.1. The molecule has 4 aromatic rings. The molecule has 0 amide bonds. The van der Waals surface area contributed by atoms with Gasteiger partial charge >= 0.3 is 0 Å². The van der Waals surface area contributed by atoms with Gasteiger partial charge in [-0.15, -0.1) is 0 Å². The van der Waals surface area contributed by atoms with Crippen molar-refractivity contribution in [1.29, 1.82) is 0 Å². The monoisotopic (exact) mass is 294 g/mol. The average Bonchev–Trinajstić information content (AvgIpc) is 3.16. The maximum absolute atomic E-state index is 5.91. The molecule has 0 aliphatic carbocycles. The third-order valence-corrected chi connectivity index (χ3v) is 3.66. The number of benzene rings is 2. The quantitative estimate of drug-likeness (QED) is 0.556. The van der Waals surface area contributed by atoms with Gasteiger partial charge in [0.05, 0.1) is 17.3 Å². The number of furan rings is 1. The van der Waals surface area contributed by atoms with Crippen LogP contribution < -0.4 is 0 Å². The highest BCUT2D eigenvalue weighted by Crippen LogP contribution is 2.26. The van der Waals surface area contributed by atoms with Gasteiger partial charge in [-0.3, -0.25) is 0 Å². The van der Waals surface area contributed by atoms with Gasteiger partial charge in [0.25, 0.3) is 0 Å². The summed E-state index contributed by atoms with van der Waals surface area (Å²) in [6.07, 6.45) is 1.67. The van der Waals surface area contributed by atoms with Crippen molar-refractivity contribution < 1.29 is 4.42 Å². The number of rotatable bonds is 2. The Morgan fingerprint density at radius 3 is 2.52 bits per heavy atom. The second-order valence-electron chi connectivity index (χ2n) is 4.80. The van der Waals surface area contributed by atoms with Crippen LogP contribution in [0.25, 0.3) is 33.7 Å². The molecule has 0 fully saturated rings. The molecule has 102 valence electrons. The molecule has 0 radical (unpaired) electrons. The fourth-order valence-electron chi connectivity index (χ4n) is 2.35. The fourth-order valence-corrected chi connectivity index (χ4v) is 2.48. The summed E-state index contributed by atoms with van der Waals surface area (Å²) in [5, 5.41) is 0.718. The molecule has 0 bridgehead atoms. The third-order valence-electron chi connectivity index (χ3n) is 3.41. The standard InChI is InChI=1S/C17H11ClN2O/c18-13-6-3-11(4-7-13)17-19-14-8-5-12(10-15(14)20-17)16-2-1-9-21-16/h1-10H,(H,19,20). The molecule has 21 heavy (non-hydrogen) atoms. The van der Waals surface area contributed by atoms with Gasteiger partial charge in [-0.05, 0) is 54.6 Å². The van der Waals surface area contributed by atoms with Crippen molar-refractivity contribution in [3.63, 3.8) is 0 Å². The van der Waals surface area contributed by atoms with Crippen LogP contribution in [0, 0.1) is 0 Å². The number of hydrogen-bond donors (Lipinski definition) is 1. The number of nitrogens with one attached hydrogen (secondary N) is 1. The first kappa shape index (κ1) is 12.2. The van der Waals surface area contributed by atoms with E-state index in [-0.39, 0.29) is 0 Å². The first-order valence-corrected chi connectivity index (χ1v) is 6.97. The van der Waals surface area contributed by atoms with Gasteiger partial charge in [0.1, 0.15) is 11.6 Å². The normalized spacial score (nSPS) is 11.1.